The molecule has 8 heteroatoms. The van der Waals surface area contributed by atoms with Crippen molar-refractivity contribution in [1.82, 2.24) is 19.5 Å². The molecule has 0 aliphatic heterocycles. The maximum absolute atomic E-state index is 12.0. The number of H-pyrrole nitrogens is 1. The van der Waals surface area contributed by atoms with Gasteiger partial charge in [0.2, 0.25) is 5.95 Å². The first kappa shape index (κ1) is 6.06. The zero-order valence-electron chi connectivity index (χ0n) is 18.8. The van der Waals surface area contributed by atoms with Gasteiger partial charge in [-0.15, -0.1) is 0 Å². The Morgan fingerprint density at radius 1 is 1.85 bits per heavy atom. The highest BCUT2D eigenvalue weighted by Gasteiger charge is 2.37. The van der Waals surface area contributed by atoms with Crippen LogP contribution in [0.4, 0.5) is 5.95 Å². The molecule has 8 nitrogen and oxygen atoms in total. The van der Waals surface area contributed by atoms with Crippen LogP contribution in [0, 0.1) is 5.89 Å². The average molecular weight is 286 g/mol. The zero-order valence-corrected chi connectivity index (χ0v) is 9.80. The third-order valence-corrected chi connectivity index (χ3v) is 2.74. The SMILES string of the molecule is [2H]C([2H])=C1[C@@]([2H])(n2cnc3c(=O)[nH]c(N)nc32)C([2H])([2H])[C@]([2H])(O)[C@@]1([2H])C([2H])([2H])O. The summed E-state index contributed by atoms with van der Waals surface area (Å²) in [5.41, 5.74) is 2.21. The Labute approximate surface area is 126 Å². The first-order chi connectivity index (χ1) is 13.0. The summed E-state index contributed by atoms with van der Waals surface area (Å²) in [6.07, 6.45) is -6.80. The van der Waals surface area contributed by atoms with Gasteiger partial charge in [0.25, 0.3) is 5.56 Å². The molecule has 1 aliphatic rings. The number of rotatable bonds is 2. The molecule has 2 aromatic rings. The van der Waals surface area contributed by atoms with Crippen molar-refractivity contribution in [1.29, 1.82) is 0 Å². The summed E-state index contributed by atoms with van der Waals surface area (Å²) in [7, 11) is 0. The molecular formula is C12H15N5O3. The summed E-state index contributed by atoms with van der Waals surface area (Å²) in [5, 5.41) is 20.4. The smallest absolute Gasteiger partial charge is 0.280 e. The van der Waals surface area contributed by atoms with Crippen LogP contribution in [0.3, 0.4) is 0 Å². The average Bonchev–Trinajstić information content (AvgIpc) is 2.99. The van der Waals surface area contributed by atoms with Crippen molar-refractivity contribution >= 4 is 17.1 Å². The molecule has 0 aromatic carbocycles. The van der Waals surface area contributed by atoms with Gasteiger partial charge in [-0.25, -0.2) is 4.98 Å². The van der Waals surface area contributed by atoms with E-state index in [1.807, 2.05) is 0 Å². The molecule has 20 heavy (non-hydrogen) atoms. The van der Waals surface area contributed by atoms with E-state index >= 15 is 0 Å². The van der Waals surface area contributed by atoms with Gasteiger partial charge < -0.3 is 20.5 Å². The lowest BCUT2D eigenvalue weighted by Gasteiger charge is -2.15. The molecule has 0 spiro atoms. The molecule has 0 unspecified atom stereocenters. The molecule has 1 aliphatic carbocycles. The number of imidazole rings is 1. The summed E-state index contributed by atoms with van der Waals surface area (Å²) >= 11 is 0. The number of nitrogens with one attached hydrogen (secondary N) is 1. The largest absolute Gasteiger partial charge is 0.396 e. The fourth-order valence-corrected chi connectivity index (χ4v) is 1.85. The van der Waals surface area contributed by atoms with Crippen LogP contribution in [-0.4, -0.2) is 42.4 Å². The Bertz CT molecular complexity index is 1100. The van der Waals surface area contributed by atoms with Crippen molar-refractivity contribution in [2.75, 3.05) is 12.3 Å². The standard InChI is InChI=1S/C12H15N5O3/c1-5-6(3-18)8(19)2-7(5)17-4-14-9-10(17)15-12(13)16-11(9)20/h4,6-8,18-19H,1-3H2,(H3,13,15,16,20)/t6-,7-,8-/m0/s1/i1D2,2D2,3D2,6D,7D,8D. The van der Waals surface area contributed by atoms with Gasteiger partial charge in [-0.2, -0.15) is 4.98 Å². The summed E-state index contributed by atoms with van der Waals surface area (Å²) in [6, 6.07) is -3.26. The molecule has 0 amide bonds. The molecule has 3 atom stereocenters. The van der Waals surface area contributed by atoms with E-state index in [9.17, 15) is 15.0 Å². The Morgan fingerprint density at radius 3 is 3.35 bits per heavy atom. The summed E-state index contributed by atoms with van der Waals surface area (Å²) < 4.78 is 72.1. The van der Waals surface area contributed by atoms with Crippen molar-refractivity contribution in [2.45, 2.75) is 18.5 Å². The van der Waals surface area contributed by atoms with E-state index < -0.39 is 65.7 Å². The van der Waals surface area contributed by atoms with Crippen molar-refractivity contribution in [2.24, 2.45) is 5.89 Å². The van der Waals surface area contributed by atoms with E-state index in [4.69, 9.17) is 18.1 Å². The predicted octanol–water partition coefficient (Wildman–Crippen LogP) is -0.828. The summed E-state index contributed by atoms with van der Waals surface area (Å²) in [6.45, 7) is -5.36. The lowest BCUT2D eigenvalue weighted by Crippen LogP contribution is -2.17. The molecule has 2 aromatic heterocycles. The van der Waals surface area contributed by atoms with E-state index in [1.54, 1.807) is 0 Å². The fourth-order valence-electron chi connectivity index (χ4n) is 1.85. The van der Waals surface area contributed by atoms with Crippen LogP contribution >= 0.6 is 0 Å². The second-order valence-corrected chi connectivity index (χ2v) is 3.92. The van der Waals surface area contributed by atoms with Crippen LogP contribution in [0.5, 0.6) is 0 Å². The lowest BCUT2D eigenvalue weighted by molar-refractivity contribution is 0.101. The number of nitrogens with zero attached hydrogens (tertiary/aromatic N) is 3. The molecule has 1 fully saturated rings. The Morgan fingerprint density at radius 2 is 2.65 bits per heavy atom. The minimum Gasteiger partial charge on any atom is -0.396 e. The topological polar surface area (TPSA) is 130 Å². The van der Waals surface area contributed by atoms with Gasteiger partial charge >= 0.3 is 0 Å². The van der Waals surface area contributed by atoms with Gasteiger partial charge in [0, 0.05) is 10.0 Å². The molecule has 2 heterocycles. The second kappa shape index (κ2) is 4.43. The first-order valence-corrected chi connectivity index (χ1v) is 5.32. The summed E-state index contributed by atoms with van der Waals surface area (Å²) in [4.78, 5) is 21.5. The quantitative estimate of drug-likeness (QED) is 0.533. The maximum atomic E-state index is 12.0. The van der Waals surface area contributed by atoms with Crippen molar-refractivity contribution < 1.29 is 22.5 Å². The highest BCUT2D eigenvalue weighted by atomic mass is 16.3. The van der Waals surface area contributed by atoms with Gasteiger partial charge in [-0.3, -0.25) is 9.78 Å². The highest BCUT2D eigenvalue weighted by Crippen LogP contribution is 2.39. The molecule has 106 valence electrons. The number of anilines is 1. The zero-order chi connectivity index (χ0) is 22.4. The van der Waals surface area contributed by atoms with Crippen LogP contribution in [0.15, 0.2) is 23.2 Å². The van der Waals surface area contributed by atoms with E-state index in [0.717, 1.165) is 0 Å². The number of aromatic nitrogens is 4. The molecule has 3 rings (SSSR count). The Hall–Kier alpha value is -2.19. The number of fused-ring (bicyclic) bond motifs is 1. The Kier molecular flexibility index (Phi) is 1.34. The first-order valence-electron chi connectivity index (χ1n) is 9.82. The van der Waals surface area contributed by atoms with Crippen LogP contribution < -0.4 is 11.3 Å². The predicted molar refractivity (Wildman–Crippen MR) is 71.9 cm³/mol. The van der Waals surface area contributed by atoms with Gasteiger partial charge in [-0.1, -0.05) is 6.53 Å². The minimum atomic E-state index is -3.87. The van der Waals surface area contributed by atoms with E-state index in [0.29, 0.717) is 10.9 Å². The Balaban J connectivity index is 2.55. The number of aliphatic hydroxyl groups is 2. The van der Waals surface area contributed by atoms with Crippen LogP contribution in [0.1, 0.15) is 24.7 Å². The number of aromatic amines is 1. The van der Waals surface area contributed by atoms with Gasteiger partial charge in [0.1, 0.15) is 0 Å². The van der Waals surface area contributed by atoms with Crippen molar-refractivity contribution in [3.63, 3.8) is 0 Å². The monoisotopic (exact) mass is 286 g/mol. The maximum Gasteiger partial charge on any atom is 0.280 e. The molecule has 1 saturated carbocycles. The number of nitrogens with two attached hydrogens (primary N) is 1. The summed E-state index contributed by atoms with van der Waals surface area (Å²) in [5.74, 6) is -4.15. The van der Waals surface area contributed by atoms with Gasteiger partial charge in [-0.05, 0) is 11.9 Å². The normalized spacial score (nSPS) is 47.1. The highest BCUT2D eigenvalue weighted by molar-refractivity contribution is 5.70. The molecule has 5 N–H and O–H groups in total. The van der Waals surface area contributed by atoms with Crippen LogP contribution in [0.2, 0.25) is 0 Å². The molecule has 0 radical (unpaired) electrons. The van der Waals surface area contributed by atoms with Crippen LogP contribution in [0.25, 0.3) is 11.2 Å². The third-order valence-electron chi connectivity index (χ3n) is 2.74. The fraction of sp³-hybridized carbons (Fsp3) is 0.417. The third kappa shape index (κ3) is 1.73. The van der Waals surface area contributed by atoms with Gasteiger partial charge in [0.05, 0.1) is 33.2 Å². The molecular weight excluding hydrogens is 262 g/mol. The van der Waals surface area contributed by atoms with E-state index in [1.165, 1.54) is 0 Å². The van der Waals surface area contributed by atoms with E-state index in [2.05, 4.69) is 15.0 Å². The second-order valence-electron chi connectivity index (χ2n) is 3.92. The number of nitrogen functional groups attached to an aromatic ring is 1. The van der Waals surface area contributed by atoms with E-state index in [-0.39, 0.29) is 0 Å². The lowest BCUT2D eigenvalue weighted by atomic mass is 10.0. The van der Waals surface area contributed by atoms with Gasteiger partial charge in [0.15, 0.2) is 11.2 Å². The van der Waals surface area contributed by atoms with Crippen LogP contribution in [-0.2, 0) is 0 Å². The van der Waals surface area contributed by atoms with Crippen molar-refractivity contribution in [3.05, 3.63) is 28.8 Å². The number of hydrogen-bond donors (Lipinski definition) is 4. The molecule has 0 bridgehead atoms. The minimum absolute atomic E-state index is 0.444. The number of hydrogen-bond acceptors (Lipinski definition) is 6. The van der Waals surface area contributed by atoms with Crippen molar-refractivity contribution in [3.8, 4) is 0 Å². The molecule has 0 saturated heterocycles.